The zero-order chi connectivity index (χ0) is 23.8. The highest BCUT2D eigenvalue weighted by atomic mass is 35.5. The van der Waals surface area contributed by atoms with Crippen LogP contribution in [0.5, 0.6) is 5.75 Å². The van der Waals surface area contributed by atoms with Gasteiger partial charge in [0.15, 0.2) is 5.60 Å². The van der Waals surface area contributed by atoms with E-state index in [1.165, 1.54) is 16.2 Å². The van der Waals surface area contributed by atoms with Crippen molar-refractivity contribution in [2.75, 3.05) is 23.4 Å². The molecule has 1 aromatic carbocycles. The Morgan fingerprint density at radius 1 is 1.27 bits per heavy atom. The van der Waals surface area contributed by atoms with Gasteiger partial charge in [-0.3, -0.25) is 9.59 Å². The molecule has 1 aliphatic heterocycles. The Labute approximate surface area is 202 Å². The summed E-state index contributed by atoms with van der Waals surface area (Å²) in [6.45, 7) is 5.59. The zero-order valence-corrected chi connectivity index (χ0v) is 20.5. The Bertz CT molecular complexity index is 1110. The number of hydrogen-bond acceptors (Lipinski definition) is 6. The van der Waals surface area contributed by atoms with Crippen molar-refractivity contribution in [3.63, 3.8) is 0 Å². The predicted molar refractivity (Wildman–Crippen MR) is 129 cm³/mol. The van der Waals surface area contributed by atoms with Gasteiger partial charge in [-0.05, 0) is 70.2 Å². The molecule has 1 aromatic heterocycles. The van der Waals surface area contributed by atoms with Gasteiger partial charge in [0.2, 0.25) is 5.91 Å². The van der Waals surface area contributed by atoms with Gasteiger partial charge in [-0.1, -0.05) is 11.6 Å². The molecule has 7 nitrogen and oxygen atoms in total. The number of hydrogen-bond donors (Lipinski definition) is 1. The number of nitrogens with zero attached hydrogens (tertiary/aromatic N) is 1. The normalized spacial score (nSPS) is 16.5. The van der Waals surface area contributed by atoms with E-state index < -0.39 is 11.6 Å². The van der Waals surface area contributed by atoms with Crippen LogP contribution in [0.1, 0.15) is 60.8 Å². The van der Waals surface area contributed by atoms with Crippen molar-refractivity contribution in [2.24, 2.45) is 0 Å². The Kier molecular flexibility index (Phi) is 6.68. The topological polar surface area (TPSA) is 84.9 Å². The van der Waals surface area contributed by atoms with Gasteiger partial charge in [0.05, 0.1) is 17.9 Å². The van der Waals surface area contributed by atoms with E-state index in [0.717, 1.165) is 36.1 Å². The summed E-state index contributed by atoms with van der Waals surface area (Å²) in [7, 11) is 0. The van der Waals surface area contributed by atoms with Crippen molar-refractivity contribution in [1.29, 1.82) is 0 Å². The molecule has 0 spiro atoms. The van der Waals surface area contributed by atoms with Crippen LogP contribution in [0.15, 0.2) is 18.2 Å². The third-order valence-electron chi connectivity index (χ3n) is 5.80. The first-order valence-corrected chi connectivity index (χ1v) is 12.3. The number of benzene rings is 1. The predicted octanol–water partition coefficient (Wildman–Crippen LogP) is 4.99. The molecule has 2 heterocycles. The highest BCUT2D eigenvalue weighted by molar-refractivity contribution is 7.17. The van der Waals surface area contributed by atoms with Gasteiger partial charge >= 0.3 is 5.97 Å². The van der Waals surface area contributed by atoms with Gasteiger partial charge in [-0.25, -0.2) is 4.79 Å². The monoisotopic (exact) mass is 490 g/mol. The Morgan fingerprint density at radius 3 is 2.79 bits per heavy atom. The molecule has 0 bridgehead atoms. The van der Waals surface area contributed by atoms with E-state index in [1.807, 2.05) is 0 Å². The number of amides is 2. The number of anilines is 2. The van der Waals surface area contributed by atoms with Crippen molar-refractivity contribution < 1.29 is 23.9 Å². The van der Waals surface area contributed by atoms with E-state index in [1.54, 1.807) is 39.0 Å². The Morgan fingerprint density at radius 2 is 2.03 bits per heavy atom. The van der Waals surface area contributed by atoms with Gasteiger partial charge in [0.1, 0.15) is 10.8 Å². The van der Waals surface area contributed by atoms with Crippen LogP contribution in [-0.2, 0) is 27.2 Å². The fourth-order valence-corrected chi connectivity index (χ4v) is 5.70. The maximum absolute atomic E-state index is 13.0. The summed E-state index contributed by atoms with van der Waals surface area (Å²) < 4.78 is 11.1. The second-order valence-corrected chi connectivity index (χ2v) is 10.2. The molecular weight excluding hydrogens is 464 g/mol. The van der Waals surface area contributed by atoms with Gasteiger partial charge < -0.3 is 19.7 Å². The molecule has 1 N–H and O–H groups in total. The maximum Gasteiger partial charge on any atom is 0.341 e. The molecule has 0 atom stereocenters. The lowest BCUT2D eigenvalue weighted by atomic mass is 9.95. The SMILES string of the molecule is CCOC(=O)c1c(NC(=O)CCN2C(=O)C(C)(C)Oc3ccc(Cl)cc32)sc2c1CCCC2. The summed E-state index contributed by atoms with van der Waals surface area (Å²) in [6, 6.07) is 5.08. The summed E-state index contributed by atoms with van der Waals surface area (Å²) in [5.74, 6) is -0.385. The molecule has 1 aliphatic carbocycles. The number of thiophene rings is 1. The molecule has 0 radical (unpaired) electrons. The second-order valence-electron chi connectivity index (χ2n) is 8.61. The summed E-state index contributed by atoms with van der Waals surface area (Å²) in [5, 5.41) is 3.91. The highest BCUT2D eigenvalue weighted by Crippen LogP contribution is 2.40. The number of carbonyl (C=O) groups is 3. The van der Waals surface area contributed by atoms with E-state index in [2.05, 4.69) is 5.32 Å². The van der Waals surface area contributed by atoms with Crippen LogP contribution < -0.4 is 15.0 Å². The summed E-state index contributed by atoms with van der Waals surface area (Å²) in [6.07, 6.45) is 3.85. The number of halogens is 1. The fraction of sp³-hybridized carbons (Fsp3) is 0.458. The Balaban J connectivity index is 1.52. The van der Waals surface area contributed by atoms with Crippen LogP contribution in [0.3, 0.4) is 0 Å². The molecule has 2 aromatic rings. The molecule has 176 valence electrons. The van der Waals surface area contributed by atoms with E-state index in [9.17, 15) is 14.4 Å². The molecule has 0 saturated carbocycles. The summed E-state index contributed by atoms with van der Waals surface area (Å²) in [5.41, 5.74) is 0.957. The summed E-state index contributed by atoms with van der Waals surface area (Å²) in [4.78, 5) is 41.2. The van der Waals surface area contributed by atoms with Crippen molar-refractivity contribution >= 4 is 51.4 Å². The molecule has 0 saturated heterocycles. The lowest BCUT2D eigenvalue weighted by molar-refractivity contribution is -0.132. The van der Waals surface area contributed by atoms with Gasteiger partial charge in [-0.15, -0.1) is 11.3 Å². The maximum atomic E-state index is 13.0. The molecule has 2 aliphatic rings. The van der Waals surface area contributed by atoms with E-state index in [4.69, 9.17) is 21.1 Å². The standard InChI is InChI=1S/C24H27ClN2O5S/c1-4-31-22(29)20-15-7-5-6-8-18(15)33-21(20)26-19(28)11-12-27-16-13-14(25)9-10-17(16)32-24(2,3)23(27)30/h9-10,13H,4-8,11-12H2,1-3H3,(H,26,28). The van der Waals surface area contributed by atoms with E-state index >= 15 is 0 Å². The van der Waals surface area contributed by atoms with Crippen molar-refractivity contribution in [3.8, 4) is 5.75 Å². The second kappa shape index (κ2) is 9.35. The van der Waals surface area contributed by atoms with Crippen LogP contribution in [0.25, 0.3) is 0 Å². The van der Waals surface area contributed by atoms with Crippen molar-refractivity contribution in [1.82, 2.24) is 0 Å². The van der Waals surface area contributed by atoms with Crippen molar-refractivity contribution in [3.05, 3.63) is 39.2 Å². The average Bonchev–Trinajstić information content (AvgIpc) is 3.12. The van der Waals surface area contributed by atoms with Crippen molar-refractivity contribution in [2.45, 2.75) is 58.5 Å². The van der Waals surface area contributed by atoms with Gasteiger partial charge in [-0.2, -0.15) is 0 Å². The Hall–Kier alpha value is -2.58. The number of esters is 1. The largest absolute Gasteiger partial charge is 0.476 e. The first-order valence-electron chi connectivity index (χ1n) is 11.1. The number of ether oxygens (including phenoxy) is 2. The van der Waals surface area contributed by atoms with Crippen LogP contribution in [0.4, 0.5) is 10.7 Å². The molecule has 0 fully saturated rings. The lowest BCUT2D eigenvalue weighted by Gasteiger charge is -2.38. The minimum Gasteiger partial charge on any atom is -0.476 e. The van der Waals surface area contributed by atoms with E-state index in [0.29, 0.717) is 27.0 Å². The number of nitrogens with one attached hydrogen (secondary N) is 1. The van der Waals surface area contributed by atoms with Crippen LogP contribution in [0, 0.1) is 0 Å². The molecule has 33 heavy (non-hydrogen) atoms. The minimum atomic E-state index is -1.05. The van der Waals surface area contributed by atoms with E-state index in [-0.39, 0.29) is 31.4 Å². The number of rotatable bonds is 6. The zero-order valence-electron chi connectivity index (χ0n) is 19.0. The van der Waals surface area contributed by atoms with Crippen LogP contribution in [0.2, 0.25) is 5.02 Å². The first-order chi connectivity index (χ1) is 15.7. The highest BCUT2D eigenvalue weighted by Gasteiger charge is 2.41. The summed E-state index contributed by atoms with van der Waals surface area (Å²) >= 11 is 7.58. The molecule has 2 amide bonds. The first kappa shape index (κ1) is 23.6. The number of aryl methyl sites for hydroxylation is 1. The number of carbonyl (C=O) groups excluding carboxylic acids is 3. The average molecular weight is 491 g/mol. The molecule has 0 unspecified atom stereocenters. The van der Waals surface area contributed by atoms with Gasteiger partial charge in [0.25, 0.3) is 5.91 Å². The quantitative estimate of drug-likeness (QED) is 0.576. The molecule has 9 heteroatoms. The molecular formula is C24H27ClN2O5S. The smallest absolute Gasteiger partial charge is 0.341 e. The minimum absolute atomic E-state index is 0.0542. The van der Waals surface area contributed by atoms with Crippen LogP contribution >= 0.6 is 22.9 Å². The third-order valence-corrected chi connectivity index (χ3v) is 7.25. The number of fused-ring (bicyclic) bond motifs is 2. The molecule has 4 rings (SSSR count). The van der Waals surface area contributed by atoms with Gasteiger partial charge in [0, 0.05) is 22.9 Å². The fourth-order valence-electron chi connectivity index (χ4n) is 4.24. The lowest BCUT2D eigenvalue weighted by Crippen LogP contribution is -2.53. The third kappa shape index (κ3) is 4.73. The van der Waals surface area contributed by atoms with Crippen LogP contribution in [-0.4, -0.2) is 36.5 Å².